The molecule has 0 saturated heterocycles. The van der Waals surface area contributed by atoms with E-state index in [-0.39, 0.29) is 12.5 Å². The lowest BCUT2D eigenvalue weighted by Crippen LogP contribution is -2.39. The molecule has 3 aromatic rings. The summed E-state index contributed by atoms with van der Waals surface area (Å²) in [6.07, 6.45) is 2.91. The van der Waals surface area contributed by atoms with Crippen LogP contribution in [0.5, 0.6) is 23.0 Å². The number of aromatic hydroxyl groups is 1. The molecule has 0 amide bonds. The van der Waals surface area contributed by atoms with Crippen molar-refractivity contribution in [1.29, 1.82) is 0 Å². The summed E-state index contributed by atoms with van der Waals surface area (Å²) < 4.78 is 18.4. The second-order valence-electron chi connectivity index (χ2n) is 6.93. The number of carboxylic acid groups (broad SMARTS) is 1. The first kappa shape index (κ1) is 19.5. The average molecular weight is 409 g/mol. The molecule has 0 radical (unpaired) electrons. The van der Waals surface area contributed by atoms with Gasteiger partial charge in [0, 0.05) is 19.4 Å². The fourth-order valence-electron chi connectivity index (χ4n) is 3.57. The van der Waals surface area contributed by atoms with Crippen molar-refractivity contribution < 1.29 is 38.6 Å². The molecule has 154 valence electrons. The predicted octanol–water partition coefficient (Wildman–Crippen LogP) is 1.12. The van der Waals surface area contributed by atoms with Crippen LogP contribution in [0.15, 0.2) is 36.5 Å². The molecule has 0 bridgehead atoms. The van der Waals surface area contributed by atoms with E-state index in [4.69, 9.17) is 14.2 Å². The number of Topliss-reactive ketones (excluding diaryl/α,β-unsaturated/α-hetero) is 1. The first-order valence-corrected chi connectivity index (χ1v) is 9.27. The number of carboxylic acids is 1. The number of ketones is 1. The first-order chi connectivity index (χ1) is 14.4. The van der Waals surface area contributed by atoms with Crippen LogP contribution in [0, 0.1) is 0 Å². The van der Waals surface area contributed by atoms with Gasteiger partial charge in [-0.3, -0.25) is 4.79 Å². The van der Waals surface area contributed by atoms with Gasteiger partial charge in [0.1, 0.15) is 5.97 Å². The number of aryl methyl sites for hydroxylation is 2. The third-order valence-corrected chi connectivity index (χ3v) is 5.10. The molecule has 1 N–H and O–H groups in total. The molecule has 0 aliphatic carbocycles. The molecule has 2 aliphatic rings. The summed E-state index contributed by atoms with van der Waals surface area (Å²) >= 11 is 0. The minimum Gasteiger partial charge on any atom is -0.542 e. The molecule has 3 heterocycles. The van der Waals surface area contributed by atoms with Gasteiger partial charge >= 0.3 is 0 Å². The summed E-state index contributed by atoms with van der Waals surface area (Å²) in [6, 6.07) is 10.00. The number of carbonyl (C=O) groups excluding carboxylic acids is 2. The smallest absolute Gasteiger partial charge is 0.231 e. The average Bonchev–Trinajstić information content (AvgIpc) is 3.19. The van der Waals surface area contributed by atoms with Gasteiger partial charge in [0.15, 0.2) is 41.5 Å². The van der Waals surface area contributed by atoms with Crippen LogP contribution in [0.3, 0.4) is 0 Å². The van der Waals surface area contributed by atoms with Crippen molar-refractivity contribution in [1.82, 2.24) is 0 Å². The number of hydrogen-bond donors (Lipinski definition) is 1. The van der Waals surface area contributed by atoms with Gasteiger partial charge < -0.3 is 29.2 Å². The largest absolute Gasteiger partial charge is 0.542 e. The fourth-order valence-corrected chi connectivity index (χ4v) is 3.57. The maximum absolute atomic E-state index is 10.4. The Balaban J connectivity index is 0.000000322. The molecule has 0 fully saturated rings. The van der Waals surface area contributed by atoms with E-state index in [1.807, 2.05) is 12.3 Å². The van der Waals surface area contributed by atoms with Crippen LogP contribution in [0.4, 0.5) is 0 Å². The maximum atomic E-state index is 10.4. The molecule has 2 aromatic carbocycles. The van der Waals surface area contributed by atoms with Crippen LogP contribution in [-0.4, -0.2) is 30.8 Å². The standard InChI is InChI=1S/C19H15NO4.C3H4O3/c1-22-16-3-2-11-6-15-13-8-18-17(23-10-24-18)7-12(13)4-5-20(15)9-14(11)19(16)21;1-2(4)3(5)6/h2-3,6-9H,4-5,10H2,1H3;1H3,(H,5,6). The summed E-state index contributed by atoms with van der Waals surface area (Å²) in [5, 5.41) is 21.4. The van der Waals surface area contributed by atoms with Gasteiger partial charge in [-0.25, -0.2) is 0 Å². The Kier molecular flexibility index (Phi) is 4.91. The summed E-state index contributed by atoms with van der Waals surface area (Å²) in [5.41, 5.74) is 3.53. The molecule has 0 saturated carbocycles. The topological polar surface area (TPSA) is 109 Å². The van der Waals surface area contributed by atoms with Crippen LogP contribution in [-0.2, 0) is 22.6 Å². The SMILES string of the molecule is CC(=O)C(=O)[O-].COc1ccc2cc3[n+](cc2c1O)CCc1cc2c(cc1-3)OCO2. The molecular formula is C22H19NO7. The van der Waals surface area contributed by atoms with E-state index >= 15 is 0 Å². The quantitative estimate of drug-likeness (QED) is 0.499. The number of ether oxygens (including phenoxy) is 3. The Morgan fingerprint density at radius 1 is 1.17 bits per heavy atom. The predicted molar refractivity (Wildman–Crippen MR) is 103 cm³/mol. The number of carbonyl (C=O) groups is 2. The van der Waals surface area contributed by atoms with E-state index in [2.05, 4.69) is 22.8 Å². The van der Waals surface area contributed by atoms with Gasteiger partial charge in [0.05, 0.1) is 18.1 Å². The van der Waals surface area contributed by atoms with E-state index in [9.17, 15) is 19.8 Å². The third-order valence-electron chi connectivity index (χ3n) is 5.10. The van der Waals surface area contributed by atoms with Crippen molar-refractivity contribution in [2.24, 2.45) is 0 Å². The number of hydrogen-bond acceptors (Lipinski definition) is 7. The zero-order valence-electron chi connectivity index (χ0n) is 16.4. The fraction of sp³-hybridized carbons (Fsp3) is 0.227. The number of phenolic OH excluding ortho intramolecular Hbond substituents is 1. The first-order valence-electron chi connectivity index (χ1n) is 9.27. The normalized spacial score (nSPS) is 13.0. The Hall–Kier alpha value is -3.81. The van der Waals surface area contributed by atoms with E-state index < -0.39 is 11.8 Å². The lowest BCUT2D eigenvalue weighted by molar-refractivity contribution is -0.686. The zero-order valence-corrected chi connectivity index (χ0v) is 16.4. The van der Waals surface area contributed by atoms with Crippen LogP contribution in [0.25, 0.3) is 22.0 Å². The number of phenols is 1. The highest BCUT2D eigenvalue weighted by atomic mass is 16.7. The minimum atomic E-state index is -1.63. The third kappa shape index (κ3) is 3.36. The van der Waals surface area contributed by atoms with Gasteiger partial charge in [-0.05, 0) is 35.2 Å². The van der Waals surface area contributed by atoms with Crippen molar-refractivity contribution in [3.63, 3.8) is 0 Å². The van der Waals surface area contributed by atoms with Gasteiger partial charge in [0.25, 0.3) is 0 Å². The molecule has 2 aliphatic heterocycles. The maximum Gasteiger partial charge on any atom is 0.231 e. The van der Waals surface area contributed by atoms with Crippen molar-refractivity contribution in [2.75, 3.05) is 13.9 Å². The van der Waals surface area contributed by atoms with Crippen molar-refractivity contribution >= 4 is 22.5 Å². The number of methoxy groups -OCH3 is 1. The van der Waals surface area contributed by atoms with E-state index in [0.29, 0.717) is 5.75 Å². The monoisotopic (exact) mass is 409 g/mol. The number of aliphatic carboxylic acids is 1. The number of fused-ring (bicyclic) bond motifs is 5. The molecule has 5 rings (SSSR count). The highest BCUT2D eigenvalue weighted by Crippen LogP contribution is 2.41. The highest BCUT2D eigenvalue weighted by molar-refractivity contribution is 6.30. The summed E-state index contributed by atoms with van der Waals surface area (Å²) in [5.74, 6) is -0.278. The Bertz CT molecular complexity index is 1170. The molecule has 0 spiro atoms. The Morgan fingerprint density at radius 2 is 1.87 bits per heavy atom. The second kappa shape index (κ2) is 7.55. The van der Waals surface area contributed by atoms with Crippen LogP contribution < -0.4 is 23.9 Å². The summed E-state index contributed by atoms with van der Waals surface area (Å²) in [4.78, 5) is 18.7. The number of nitrogens with zero attached hydrogens (tertiary/aromatic N) is 1. The number of pyridine rings is 1. The number of rotatable bonds is 2. The molecule has 8 heteroatoms. The summed E-state index contributed by atoms with van der Waals surface area (Å²) in [6.45, 7) is 2.08. The second-order valence-corrected chi connectivity index (χ2v) is 6.93. The molecular weight excluding hydrogens is 390 g/mol. The molecule has 0 atom stereocenters. The lowest BCUT2D eigenvalue weighted by Gasteiger charge is -2.16. The molecule has 30 heavy (non-hydrogen) atoms. The summed E-state index contributed by atoms with van der Waals surface area (Å²) in [7, 11) is 1.56. The van der Waals surface area contributed by atoms with Crippen molar-refractivity contribution in [2.45, 2.75) is 19.9 Å². The lowest BCUT2D eigenvalue weighted by atomic mass is 9.95. The van der Waals surface area contributed by atoms with Crippen LogP contribution >= 0.6 is 0 Å². The van der Waals surface area contributed by atoms with E-state index in [1.54, 1.807) is 13.2 Å². The molecule has 0 unspecified atom stereocenters. The number of benzene rings is 2. The van der Waals surface area contributed by atoms with Crippen LogP contribution in [0.1, 0.15) is 12.5 Å². The number of aromatic nitrogens is 1. The van der Waals surface area contributed by atoms with Gasteiger partial charge in [0.2, 0.25) is 12.5 Å². The Labute approximate surface area is 171 Å². The van der Waals surface area contributed by atoms with Gasteiger partial charge in [-0.15, -0.1) is 0 Å². The van der Waals surface area contributed by atoms with Gasteiger partial charge in [-0.2, -0.15) is 4.57 Å². The molecule has 1 aromatic heterocycles. The zero-order chi connectivity index (χ0) is 21.4. The van der Waals surface area contributed by atoms with E-state index in [1.165, 1.54) is 5.56 Å². The minimum absolute atomic E-state index is 0.182. The van der Waals surface area contributed by atoms with Crippen LogP contribution in [0.2, 0.25) is 0 Å². The highest BCUT2D eigenvalue weighted by Gasteiger charge is 2.28. The van der Waals surface area contributed by atoms with Crippen molar-refractivity contribution in [3.8, 4) is 34.3 Å². The molecule has 8 nitrogen and oxygen atoms in total. The Morgan fingerprint density at radius 3 is 2.53 bits per heavy atom. The van der Waals surface area contributed by atoms with E-state index in [0.717, 1.165) is 53.4 Å². The van der Waals surface area contributed by atoms with Gasteiger partial charge in [-0.1, -0.05) is 0 Å². The van der Waals surface area contributed by atoms with Crippen molar-refractivity contribution in [3.05, 3.63) is 42.1 Å².